The number of rotatable bonds is 14. The Morgan fingerprint density at radius 2 is 1.69 bits per heavy atom. The van der Waals surface area contributed by atoms with Crippen LogP contribution in [0, 0.1) is 0 Å². The molecule has 0 spiro atoms. The Hall–Kier alpha value is -3.02. The highest BCUT2D eigenvalue weighted by molar-refractivity contribution is 5.95. The molecule has 0 bridgehead atoms. The first-order valence-corrected chi connectivity index (χ1v) is 11.7. The lowest BCUT2D eigenvalue weighted by molar-refractivity contribution is -0.114. The van der Waals surface area contributed by atoms with E-state index in [2.05, 4.69) is 22.9 Å². The number of nitrogens with one attached hydrogen (secondary N) is 3. The summed E-state index contributed by atoms with van der Waals surface area (Å²) in [5.41, 5.74) is 2.08. The van der Waals surface area contributed by atoms with Crippen molar-refractivity contribution in [3.05, 3.63) is 54.1 Å². The van der Waals surface area contributed by atoms with Crippen LogP contribution in [0.3, 0.4) is 0 Å². The average Bonchev–Trinajstić information content (AvgIpc) is 2.80. The highest BCUT2D eigenvalue weighted by atomic mass is 16.5. The van der Waals surface area contributed by atoms with E-state index in [-0.39, 0.29) is 24.4 Å². The van der Waals surface area contributed by atoms with Gasteiger partial charge in [0.1, 0.15) is 5.75 Å². The summed E-state index contributed by atoms with van der Waals surface area (Å²) in [6.45, 7) is 7.02. The molecule has 3 N–H and O–H groups in total. The van der Waals surface area contributed by atoms with Gasteiger partial charge in [0, 0.05) is 29.0 Å². The Labute approximate surface area is 192 Å². The zero-order valence-corrected chi connectivity index (χ0v) is 19.6. The van der Waals surface area contributed by atoms with Gasteiger partial charge in [-0.25, -0.2) is 0 Å². The minimum Gasteiger partial charge on any atom is -0.494 e. The molecule has 0 saturated heterocycles. The Morgan fingerprint density at radius 1 is 0.938 bits per heavy atom. The molecule has 0 aliphatic heterocycles. The van der Waals surface area contributed by atoms with Crippen LogP contribution in [-0.4, -0.2) is 31.0 Å². The highest BCUT2D eigenvalue weighted by Crippen LogP contribution is 2.18. The number of benzene rings is 2. The fourth-order valence-corrected chi connectivity index (χ4v) is 3.10. The number of hydrogen-bond acceptors (Lipinski definition) is 4. The zero-order valence-electron chi connectivity index (χ0n) is 19.6. The van der Waals surface area contributed by atoms with Gasteiger partial charge in [-0.05, 0) is 56.2 Å². The predicted molar refractivity (Wildman–Crippen MR) is 131 cm³/mol. The molecule has 0 aliphatic carbocycles. The Morgan fingerprint density at radius 3 is 2.41 bits per heavy atom. The topological polar surface area (TPSA) is 79.5 Å². The first kappa shape index (κ1) is 25.2. The predicted octanol–water partition coefficient (Wildman–Crippen LogP) is 5.61. The molecule has 1 atom stereocenters. The molecule has 0 aromatic heterocycles. The smallest absolute Gasteiger partial charge is 0.251 e. The quantitative estimate of drug-likeness (QED) is 0.334. The van der Waals surface area contributed by atoms with Gasteiger partial charge in [0.25, 0.3) is 5.91 Å². The second kappa shape index (κ2) is 14.1. The third-order valence-corrected chi connectivity index (χ3v) is 5.22. The lowest BCUT2D eigenvalue weighted by atomic mass is 10.1. The van der Waals surface area contributed by atoms with E-state index < -0.39 is 0 Å². The molecular formula is C26H37N3O3. The summed E-state index contributed by atoms with van der Waals surface area (Å²) in [6.07, 6.45) is 6.86. The van der Waals surface area contributed by atoms with E-state index in [0.717, 1.165) is 24.3 Å². The van der Waals surface area contributed by atoms with Gasteiger partial charge in [0.15, 0.2) is 0 Å². The average molecular weight is 440 g/mol. The summed E-state index contributed by atoms with van der Waals surface area (Å²) < 4.78 is 5.80. The minimum absolute atomic E-state index is 0.0910. The number of carbonyl (C=O) groups is 2. The SMILES string of the molecule is CCCCCCCOc1cccc(NC(=O)CNc2ccc(C(=O)NC(C)CC)cc2)c1. The van der Waals surface area contributed by atoms with E-state index in [1.807, 2.05) is 38.1 Å². The summed E-state index contributed by atoms with van der Waals surface area (Å²) in [7, 11) is 0. The van der Waals surface area contributed by atoms with Crippen molar-refractivity contribution in [2.24, 2.45) is 0 Å². The first-order chi connectivity index (χ1) is 15.5. The molecule has 1 unspecified atom stereocenters. The Kier molecular flexibility index (Phi) is 11.1. The number of unbranched alkanes of at least 4 members (excludes halogenated alkanes) is 4. The normalized spacial score (nSPS) is 11.5. The van der Waals surface area contributed by atoms with Crippen molar-refractivity contribution in [1.82, 2.24) is 5.32 Å². The van der Waals surface area contributed by atoms with Crippen molar-refractivity contribution < 1.29 is 14.3 Å². The minimum atomic E-state index is -0.152. The van der Waals surface area contributed by atoms with E-state index in [0.29, 0.717) is 17.9 Å². The molecule has 2 amide bonds. The summed E-state index contributed by atoms with van der Waals surface area (Å²) in [5.74, 6) is 0.518. The Balaban J connectivity index is 1.75. The summed E-state index contributed by atoms with van der Waals surface area (Å²) in [5, 5.41) is 8.90. The standard InChI is InChI=1S/C26H37N3O3/c1-4-6-7-8-9-17-32-24-12-10-11-23(18-24)29-25(30)19-27-22-15-13-21(14-16-22)26(31)28-20(3)5-2/h10-16,18,20,27H,4-9,17,19H2,1-3H3,(H,28,31)(H,29,30). The monoisotopic (exact) mass is 439 g/mol. The van der Waals surface area contributed by atoms with Crippen LogP contribution in [0.25, 0.3) is 0 Å². The number of carbonyl (C=O) groups excluding carboxylic acids is 2. The second-order valence-corrected chi connectivity index (χ2v) is 8.05. The lowest BCUT2D eigenvalue weighted by Gasteiger charge is -2.12. The van der Waals surface area contributed by atoms with Gasteiger partial charge < -0.3 is 20.7 Å². The van der Waals surface area contributed by atoms with Crippen LogP contribution in [0.15, 0.2) is 48.5 Å². The number of anilines is 2. The maximum atomic E-state index is 12.3. The third kappa shape index (κ3) is 9.41. The van der Waals surface area contributed by atoms with Gasteiger partial charge in [-0.15, -0.1) is 0 Å². The largest absolute Gasteiger partial charge is 0.494 e. The van der Waals surface area contributed by atoms with Crippen LogP contribution in [-0.2, 0) is 4.79 Å². The van der Waals surface area contributed by atoms with Gasteiger partial charge >= 0.3 is 0 Å². The van der Waals surface area contributed by atoms with Crippen LogP contribution in [0.5, 0.6) is 5.75 Å². The summed E-state index contributed by atoms with van der Waals surface area (Å²) in [6, 6.07) is 14.7. The van der Waals surface area contributed by atoms with Crippen LogP contribution in [0.4, 0.5) is 11.4 Å². The van der Waals surface area contributed by atoms with E-state index in [1.54, 1.807) is 24.3 Å². The fourth-order valence-electron chi connectivity index (χ4n) is 3.10. The molecule has 2 rings (SSSR count). The van der Waals surface area contributed by atoms with Crippen LogP contribution >= 0.6 is 0 Å². The van der Waals surface area contributed by atoms with Crippen LogP contribution in [0.1, 0.15) is 69.7 Å². The molecule has 6 nitrogen and oxygen atoms in total. The molecule has 0 aliphatic rings. The van der Waals surface area contributed by atoms with E-state index in [1.165, 1.54) is 25.7 Å². The second-order valence-electron chi connectivity index (χ2n) is 8.05. The first-order valence-electron chi connectivity index (χ1n) is 11.7. The van der Waals surface area contributed by atoms with Gasteiger partial charge in [-0.1, -0.05) is 45.6 Å². The number of amides is 2. The molecule has 32 heavy (non-hydrogen) atoms. The highest BCUT2D eigenvalue weighted by Gasteiger charge is 2.09. The molecule has 2 aromatic carbocycles. The van der Waals surface area contributed by atoms with E-state index in [4.69, 9.17) is 4.74 Å². The van der Waals surface area contributed by atoms with Crippen molar-refractivity contribution in [3.63, 3.8) is 0 Å². The molecule has 0 saturated carbocycles. The fraction of sp³-hybridized carbons (Fsp3) is 0.462. The summed E-state index contributed by atoms with van der Waals surface area (Å²) in [4.78, 5) is 24.4. The van der Waals surface area contributed by atoms with Crippen LogP contribution in [0.2, 0.25) is 0 Å². The molecule has 6 heteroatoms. The van der Waals surface area contributed by atoms with Crippen molar-refractivity contribution in [1.29, 1.82) is 0 Å². The van der Waals surface area contributed by atoms with Gasteiger partial charge in [0.2, 0.25) is 5.91 Å². The maximum absolute atomic E-state index is 12.3. The van der Waals surface area contributed by atoms with Gasteiger partial charge in [0.05, 0.1) is 13.2 Å². The van der Waals surface area contributed by atoms with E-state index >= 15 is 0 Å². The zero-order chi connectivity index (χ0) is 23.2. The Bertz CT molecular complexity index is 836. The number of ether oxygens (including phenoxy) is 1. The molecular weight excluding hydrogens is 402 g/mol. The summed E-state index contributed by atoms with van der Waals surface area (Å²) >= 11 is 0. The van der Waals surface area contributed by atoms with Gasteiger partial charge in [-0.2, -0.15) is 0 Å². The molecule has 0 radical (unpaired) electrons. The maximum Gasteiger partial charge on any atom is 0.251 e. The van der Waals surface area contributed by atoms with Gasteiger partial charge in [-0.3, -0.25) is 9.59 Å². The van der Waals surface area contributed by atoms with E-state index in [9.17, 15) is 9.59 Å². The molecule has 174 valence electrons. The molecule has 0 heterocycles. The lowest BCUT2D eigenvalue weighted by Crippen LogP contribution is -2.31. The molecule has 2 aromatic rings. The third-order valence-electron chi connectivity index (χ3n) is 5.22. The van der Waals surface area contributed by atoms with Crippen molar-refractivity contribution in [2.75, 3.05) is 23.8 Å². The van der Waals surface area contributed by atoms with Crippen LogP contribution < -0.4 is 20.7 Å². The number of hydrogen-bond donors (Lipinski definition) is 3. The van der Waals surface area contributed by atoms with Crippen molar-refractivity contribution in [2.45, 2.75) is 65.3 Å². The van der Waals surface area contributed by atoms with Crippen molar-refractivity contribution in [3.8, 4) is 5.75 Å². The molecule has 0 fully saturated rings. The van der Waals surface area contributed by atoms with Crippen molar-refractivity contribution >= 4 is 23.2 Å².